The number of carbonyl (C=O) groups excluding carboxylic acids is 2. The molecule has 3 aliphatic rings. The minimum Gasteiger partial charge on any atom is -0.464 e. The van der Waals surface area contributed by atoms with E-state index >= 15 is 0 Å². The highest BCUT2D eigenvalue weighted by Crippen LogP contribution is 2.38. The van der Waals surface area contributed by atoms with Crippen LogP contribution in [-0.2, 0) is 14.3 Å². The van der Waals surface area contributed by atoms with Crippen molar-refractivity contribution in [3.05, 3.63) is 18.0 Å². The molecule has 4 rings (SSSR count). The number of ether oxygens (including phenoxy) is 2. The van der Waals surface area contributed by atoms with E-state index in [2.05, 4.69) is 20.2 Å². The summed E-state index contributed by atoms with van der Waals surface area (Å²) in [6.07, 6.45) is 5.23. The lowest BCUT2D eigenvalue weighted by Crippen LogP contribution is -2.54. The predicted molar refractivity (Wildman–Crippen MR) is 92.7 cm³/mol. The number of nitrogens with zero attached hydrogens (tertiary/aromatic N) is 3. The zero-order valence-corrected chi connectivity index (χ0v) is 14.9. The normalized spacial score (nSPS) is 30.3. The Morgan fingerprint density at radius 3 is 2.69 bits per heavy atom. The van der Waals surface area contributed by atoms with Crippen molar-refractivity contribution in [2.24, 2.45) is 11.8 Å². The fourth-order valence-electron chi connectivity index (χ4n) is 4.38. The zero-order chi connectivity index (χ0) is 18.1. The lowest BCUT2D eigenvalue weighted by Gasteiger charge is -2.38. The molecule has 1 amide bonds. The monoisotopic (exact) mass is 360 g/mol. The van der Waals surface area contributed by atoms with Crippen molar-refractivity contribution in [1.82, 2.24) is 15.3 Å². The predicted octanol–water partition coefficient (Wildman–Crippen LogP) is 0.773. The Kier molecular flexibility index (Phi) is 4.76. The van der Waals surface area contributed by atoms with E-state index in [1.807, 2.05) is 0 Å². The molecule has 1 N–H and O–H groups in total. The highest BCUT2D eigenvalue weighted by Gasteiger charge is 2.44. The van der Waals surface area contributed by atoms with Crippen LogP contribution in [0.25, 0.3) is 0 Å². The largest absolute Gasteiger partial charge is 0.464 e. The second-order valence-corrected chi connectivity index (χ2v) is 7.27. The summed E-state index contributed by atoms with van der Waals surface area (Å²) in [6.45, 7) is 2.23. The standard InChI is InChI=1S/C18H24N4O4/c1-25-17(24)13-6-7-19-18(20-13)22-9-11-4-5-12(10-22)15(11)21-16(23)14-3-2-8-26-14/h6-7,11-12,14-15H,2-5,8-10H2,1H3,(H,21,23)/t11-,12+,14?,15?. The van der Waals surface area contributed by atoms with Crippen molar-refractivity contribution in [2.75, 3.05) is 31.7 Å². The average molecular weight is 360 g/mol. The van der Waals surface area contributed by atoms with Crippen LogP contribution < -0.4 is 10.2 Å². The maximum absolute atomic E-state index is 12.4. The van der Waals surface area contributed by atoms with Crippen LogP contribution in [0, 0.1) is 11.8 Å². The first-order valence-corrected chi connectivity index (χ1v) is 9.24. The Morgan fingerprint density at radius 1 is 1.27 bits per heavy atom. The Morgan fingerprint density at radius 2 is 2.04 bits per heavy atom. The summed E-state index contributed by atoms with van der Waals surface area (Å²) in [5, 5.41) is 3.23. The topological polar surface area (TPSA) is 93.7 Å². The molecule has 2 saturated heterocycles. The molecule has 0 spiro atoms. The van der Waals surface area contributed by atoms with Crippen LogP contribution >= 0.6 is 0 Å². The van der Waals surface area contributed by atoms with Crippen LogP contribution in [0.15, 0.2) is 12.3 Å². The van der Waals surface area contributed by atoms with Crippen LogP contribution in [0.1, 0.15) is 36.2 Å². The van der Waals surface area contributed by atoms with Crippen molar-refractivity contribution < 1.29 is 19.1 Å². The summed E-state index contributed by atoms with van der Waals surface area (Å²) in [7, 11) is 1.34. The van der Waals surface area contributed by atoms with Crippen molar-refractivity contribution >= 4 is 17.8 Å². The number of piperidine rings is 1. The molecule has 26 heavy (non-hydrogen) atoms. The minimum atomic E-state index is -0.463. The number of carbonyl (C=O) groups is 2. The van der Waals surface area contributed by atoms with E-state index in [1.54, 1.807) is 12.3 Å². The molecule has 2 bridgehead atoms. The summed E-state index contributed by atoms with van der Waals surface area (Å²) in [5.41, 5.74) is 0.263. The van der Waals surface area contributed by atoms with Crippen LogP contribution in [-0.4, -0.2) is 60.8 Å². The van der Waals surface area contributed by atoms with E-state index in [-0.39, 0.29) is 23.7 Å². The van der Waals surface area contributed by atoms with Gasteiger partial charge in [0.1, 0.15) is 6.10 Å². The van der Waals surface area contributed by atoms with E-state index < -0.39 is 5.97 Å². The van der Waals surface area contributed by atoms with E-state index in [1.165, 1.54) is 7.11 Å². The van der Waals surface area contributed by atoms with Crippen molar-refractivity contribution in [3.63, 3.8) is 0 Å². The third-order valence-corrected chi connectivity index (χ3v) is 5.69. The number of anilines is 1. The van der Waals surface area contributed by atoms with Gasteiger partial charge < -0.3 is 19.7 Å². The number of nitrogens with one attached hydrogen (secondary N) is 1. The fourth-order valence-corrected chi connectivity index (χ4v) is 4.38. The van der Waals surface area contributed by atoms with Crippen LogP contribution in [0.4, 0.5) is 5.95 Å². The summed E-state index contributed by atoms with van der Waals surface area (Å²) < 4.78 is 10.2. The third-order valence-electron chi connectivity index (χ3n) is 5.69. The van der Waals surface area contributed by atoms with Gasteiger partial charge in [0, 0.05) is 31.9 Å². The van der Waals surface area contributed by atoms with E-state index in [9.17, 15) is 9.59 Å². The molecule has 2 unspecified atom stereocenters. The number of amides is 1. The Labute approximate surface area is 152 Å². The van der Waals surface area contributed by atoms with Crippen LogP contribution in [0.3, 0.4) is 0 Å². The summed E-state index contributed by atoms with van der Waals surface area (Å²) in [6, 6.07) is 1.74. The highest BCUT2D eigenvalue weighted by molar-refractivity contribution is 5.87. The van der Waals surface area contributed by atoms with Gasteiger partial charge in [0.25, 0.3) is 0 Å². The lowest BCUT2D eigenvalue weighted by atomic mass is 9.92. The quantitative estimate of drug-likeness (QED) is 0.793. The number of hydrogen-bond donors (Lipinski definition) is 1. The number of aromatic nitrogens is 2. The van der Waals surface area contributed by atoms with Crippen molar-refractivity contribution in [3.8, 4) is 0 Å². The summed E-state index contributed by atoms with van der Waals surface area (Å²) in [4.78, 5) is 34.9. The molecule has 8 heteroatoms. The van der Waals surface area contributed by atoms with Crippen molar-refractivity contribution in [1.29, 1.82) is 0 Å². The number of methoxy groups -OCH3 is 1. The molecule has 1 aliphatic carbocycles. The molecular formula is C18H24N4O4. The third kappa shape index (κ3) is 3.25. The number of fused-ring (bicyclic) bond motifs is 2. The first kappa shape index (κ1) is 17.2. The lowest BCUT2D eigenvalue weighted by molar-refractivity contribution is -0.131. The SMILES string of the molecule is COC(=O)c1ccnc(N2C[C@H]3CC[C@@H](C2)C3NC(=O)C2CCCO2)n1. The molecule has 8 nitrogen and oxygen atoms in total. The van der Waals surface area contributed by atoms with E-state index in [4.69, 9.17) is 9.47 Å². The number of rotatable bonds is 4. The summed E-state index contributed by atoms with van der Waals surface area (Å²) in [5.74, 6) is 0.847. The van der Waals surface area contributed by atoms with Gasteiger partial charge in [-0.3, -0.25) is 4.79 Å². The molecule has 4 atom stereocenters. The minimum absolute atomic E-state index is 0.0294. The van der Waals surface area contributed by atoms with Crippen molar-refractivity contribution in [2.45, 2.75) is 37.8 Å². The molecule has 0 aromatic carbocycles. The first-order valence-electron chi connectivity index (χ1n) is 9.24. The Bertz CT molecular complexity index is 678. The van der Waals surface area contributed by atoms with Crippen LogP contribution in [0.5, 0.6) is 0 Å². The molecule has 3 fully saturated rings. The molecule has 1 aromatic heterocycles. The number of esters is 1. The summed E-state index contributed by atoms with van der Waals surface area (Å²) >= 11 is 0. The molecule has 1 saturated carbocycles. The van der Waals surface area contributed by atoms with Crippen LogP contribution in [0.2, 0.25) is 0 Å². The van der Waals surface area contributed by atoms with Gasteiger partial charge in [-0.1, -0.05) is 0 Å². The van der Waals surface area contributed by atoms with Gasteiger partial charge in [-0.2, -0.15) is 0 Å². The van der Waals surface area contributed by atoms with Gasteiger partial charge in [0.05, 0.1) is 7.11 Å². The molecular weight excluding hydrogens is 336 g/mol. The second kappa shape index (κ2) is 7.19. The van der Waals surface area contributed by atoms with E-state index in [0.29, 0.717) is 24.4 Å². The zero-order valence-electron chi connectivity index (χ0n) is 14.9. The maximum Gasteiger partial charge on any atom is 0.356 e. The molecule has 0 radical (unpaired) electrons. The molecule has 140 valence electrons. The van der Waals surface area contributed by atoms with E-state index in [0.717, 1.165) is 38.8 Å². The van der Waals surface area contributed by atoms with Gasteiger partial charge in [0.15, 0.2) is 5.69 Å². The smallest absolute Gasteiger partial charge is 0.356 e. The van der Waals surface area contributed by atoms with Gasteiger partial charge in [-0.25, -0.2) is 14.8 Å². The second-order valence-electron chi connectivity index (χ2n) is 7.27. The fraction of sp³-hybridized carbons (Fsp3) is 0.667. The Hall–Kier alpha value is -2.22. The van der Waals surface area contributed by atoms with Gasteiger partial charge >= 0.3 is 5.97 Å². The first-order chi connectivity index (χ1) is 12.7. The molecule has 2 aliphatic heterocycles. The highest BCUT2D eigenvalue weighted by atomic mass is 16.5. The Balaban J connectivity index is 1.43. The molecule has 3 heterocycles. The number of hydrogen-bond acceptors (Lipinski definition) is 7. The average Bonchev–Trinajstić information content (AvgIpc) is 3.27. The maximum atomic E-state index is 12.4. The van der Waals surface area contributed by atoms with Gasteiger partial charge in [-0.15, -0.1) is 0 Å². The van der Waals surface area contributed by atoms with Gasteiger partial charge in [0.2, 0.25) is 11.9 Å². The molecule has 1 aromatic rings. The van der Waals surface area contributed by atoms with Gasteiger partial charge in [-0.05, 0) is 43.6 Å².